The molecule has 1 aromatic heterocycles. The van der Waals surface area contributed by atoms with E-state index in [1.165, 1.54) is 31.1 Å². The molecular formula is C39H45IN6O10S2. The molecule has 0 spiro atoms. The van der Waals surface area contributed by atoms with Crippen LogP contribution in [0.4, 0.5) is 4.79 Å². The van der Waals surface area contributed by atoms with Gasteiger partial charge in [0.2, 0.25) is 15.8 Å². The standard InChI is InChI=1S/C39H45IN6O10S2/c1-39(2,3)45(38(48)49)24-29(47)25-57(50,51)34-20-19-33(40)35(37-41-43-46(42-37)23-28-11-17-32(56-6)18-12-28)36(34)58(52,53)44(21-26-7-13-30(54-4)14-8-26)22-27-9-15-31(55-5)16-10-27/h7-20,29,47H,21-25H2,1-6H3,(H,48,49)/t29-/m0/s1. The van der Waals surface area contributed by atoms with Gasteiger partial charge >= 0.3 is 6.09 Å². The Balaban J connectivity index is 1.68. The van der Waals surface area contributed by atoms with Gasteiger partial charge in [-0.1, -0.05) is 36.4 Å². The molecule has 0 aliphatic heterocycles. The first-order chi connectivity index (χ1) is 27.4. The van der Waals surface area contributed by atoms with Crippen LogP contribution in [0.15, 0.2) is 94.7 Å². The summed E-state index contributed by atoms with van der Waals surface area (Å²) >= 11 is 1.90. The maximum absolute atomic E-state index is 15.4. The first kappa shape index (κ1) is 44.3. The Labute approximate surface area is 351 Å². The molecule has 0 saturated carbocycles. The Bertz CT molecular complexity index is 2370. The third-order valence-electron chi connectivity index (χ3n) is 9.04. The highest BCUT2D eigenvalue weighted by Crippen LogP contribution is 2.38. The molecule has 0 saturated heterocycles. The lowest BCUT2D eigenvalue weighted by Gasteiger charge is -2.34. The molecule has 0 aliphatic carbocycles. The molecule has 5 rings (SSSR count). The number of tetrazole rings is 1. The highest BCUT2D eigenvalue weighted by atomic mass is 127. The number of carbonyl (C=O) groups is 1. The van der Waals surface area contributed by atoms with Crippen molar-refractivity contribution >= 4 is 48.5 Å². The monoisotopic (exact) mass is 948 g/mol. The number of methoxy groups -OCH3 is 3. The van der Waals surface area contributed by atoms with E-state index in [-0.39, 0.29) is 31.0 Å². The number of rotatable bonds is 17. The zero-order chi connectivity index (χ0) is 42.4. The SMILES string of the molecule is COc1ccc(CN(Cc2ccc(OC)cc2)S(=O)(=O)c2c(S(=O)(=O)C[C@@H](O)CN(C(=O)O)C(C)(C)C)ccc(I)c2-c2nnn(Cc3ccc(OC)cc3)n2)cc1. The van der Waals surface area contributed by atoms with Gasteiger partial charge in [-0.2, -0.15) is 9.10 Å². The van der Waals surface area contributed by atoms with E-state index in [9.17, 15) is 23.4 Å². The summed E-state index contributed by atoms with van der Waals surface area (Å²) in [5.74, 6) is 0.595. The van der Waals surface area contributed by atoms with Crippen LogP contribution in [0.5, 0.6) is 17.2 Å². The third-order valence-corrected chi connectivity index (χ3v) is 13.8. The zero-order valence-electron chi connectivity index (χ0n) is 32.7. The quantitative estimate of drug-likeness (QED) is 0.114. The zero-order valence-corrected chi connectivity index (χ0v) is 36.5. The number of β-amino-alcohol motifs (C(OH)–C–C–N with tert-alkyl or cyclic N) is 1. The van der Waals surface area contributed by atoms with Crippen molar-refractivity contribution < 1.29 is 46.1 Å². The first-order valence-corrected chi connectivity index (χ1v) is 21.9. The number of sulfonamides is 1. The van der Waals surface area contributed by atoms with Crippen molar-refractivity contribution in [2.45, 2.75) is 61.8 Å². The normalized spacial score (nSPS) is 12.6. The minimum absolute atomic E-state index is 0.117. The molecule has 4 aromatic carbocycles. The molecule has 2 N–H and O–H groups in total. The summed E-state index contributed by atoms with van der Waals surface area (Å²) < 4.78 is 77.1. The van der Waals surface area contributed by atoms with Crippen molar-refractivity contribution in [3.8, 4) is 28.6 Å². The van der Waals surface area contributed by atoms with Crippen molar-refractivity contribution in [2.24, 2.45) is 0 Å². The smallest absolute Gasteiger partial charge is 0.407 e. The molecule has 1 atom stereocenters. The summed E-state index contributed by atoms with van der Waals surface area (Å²) in [6.45, 7) is 4.02. The molecule has 0 fully saturated rings. The average molecular weight is 949 g/mol. The highest BCUT2D eigenvalue weighted by Gasteiger charge is 2.39. The fourth-order valence-electron chi connectivity index (χ4n) is 6.02. The number of benzene rings is 4. The fourth-order valence-corrected chi connectivity index (χ4v) is 10.7. The van der Waals surface area contributed by atoms with Crippen LogP contribution >= 0.6 is 22.6 Å². The van der Waals surface area contributed by atoms with Crippen LogP contribution in [0.2, 0.25) is 0 Å². The van der Waals surface area contributed by atoms with Gasteiger partial charge < -0.3 is 29.3 Å². The second-order valence-electron chi connectivity index (χ2n) is 14.2. The number of hydrogen-bond acceptors (Lipinski definition) is 12. The molecule has 0 aliphatic rings. The van der Waals surface area contributed by atoms with E-state index in [1.54, 1.807) is 101 Å². The van der Waals surface area contributed by atoms with Crippen LogP contribution in [0.1, 0.15) is 37.5 Å². The second kappa shape index (κ2) is 18.4. The molecule has 58 heavy (non-hydrogen) atoms. The van der Waals surface area contributed by atoms with Crippen molar-refractivity contribution in [2.75, 3.05) is 33.6 Å². The summed E-state index contributed by atoms with van der Waals surface area (Å²) in [6.07, 6.45) is -3.09. The van der Waals surface area contributed by atoms with Crippen LogP contribution in [-0.4, -0.2) is 108 Å². The number of aromatic nitrogens is 4. The largest absolute Gasteiger partial charge is 0.497 e. The van der Waals surface area contributed by atoms with Crippen LogP contribution < -0.4 is 14.2 Å². The molecule has 0 bridgehead atoms. The van der Waals surface area contributed by atoms with E-state index < -0.39 is 59.7 Å². The summed E-state index contributed by atoms with van der Waals surface area (Å²) in [5, 5.41) is 33.9. The van der Waals surface area contributed by atoms with Crippen LogP contribution in [0.3, 0.4) is 0 Å². The molecule has 5 aromatic rings. The fraction of sp³-hybridized carbons (Fsp3) is 0.333. The molecule has 16 nitrogen and oxygen atoms in total. The van der Waals surface area contributed by atoms with Gasteiger partial charge in [0.25, 0.3) is 0 Å². The Hall–Kier alpha value is -4.83. The number of nitrogens with zero attached hydrogens (tertiary/aromatic N) is 6. The van der Waals surface area contributed by atoms with Crippen LogP contribution in [-0.2, 0) is 39.5 Å². The van der Waals surface area contributed by atoms with E-state index >= 15 is 8.42 Å². The van der Waals surface area contributed by atoms with Crippen molar-refractivity contribution in [3.05, 3.63) is 105 Å². The minimum Gasteiger partial charge on any atom is -0.497 e. The molecule has 1 heterocycles. The predicted octanol–water partition coefficient (Wildman–Crippen LogP) is 5.32. The second-order valence-corrected chi connectivity index (χ2v) is 19.2. The summed E-state index contributed by atoms with van der Waals surface area (Å²) in [4.78, 5) is 13.0. The number of carboxylic acid groups (broad SMARTS) is 1. The van der Waals surface area contributed by atoms with Gasteiger partial charge in [-0.15, -0.1) is 10.2 Å². The van der Waals surface area contributed by atoms with E-state index in [2.05, 4.69) is 15.4 Å². The number of sulfone groups is 1. The Morgan fingerprint density at radius 3 is 1.72 bits per heavy atom. The molecule has 1 amide bonds. The molecule has 0 radical (unpaired) electrons. The van der Waals surface area contributed by atoms with Gasteiger partial charge in [-0.25, -0.2) is 21.6 Å². The summed E-state index contributed by atoms with van der Waals surface area (Å²) in [5.41, 5.74) is 0.837. The molecule has 19 heteroatoms. The number of aliphatic hydroxyl groups is 1. The third kappa shape index (κ3) is 10.6. The number of hydrogen-bond donors (Lipinski definition) is 2. The lowest BCUT2D eigenvalue weighted by atomic mass is 10.1. The van der Waals surface area contributed by atoms with Gasteiger partial charge in [0.15, 0.2) is 9.84 Å². The van der Waals surface area contributed by atoms with E-state index in [4.69, 9.17) is 14.2 Å². The Morgan fingerprint density at radius 1 is 0.793 bits per heavy atom. The van der Waals surface area contributed by atoms with Gasteiger partial charge in [-0.05, 0) is 114 Å². The number of amides is 1. The molecular weight excluding hydrogens is 903 g/mol. The number of ether oxygens (including phenoxy) is 3. The van der Waals surface area contributed by atoms with Gasteiger partial charge in [0.05, 0.1) is 56.7 Å². The highest BCUT2D eigenvalue weighted by molar-refractivity contribution is 14.1. The van der Waals surface area contributed by atoms with Gasteiger partial charge in [0.1, 0.15) is 22.1 Å². The first-order valence-electron chi connectivity index (χ1n) is 17.8. The average Bonchev–Trinajstić information content (AvgIpc) is 3.64. The predicted molar refractivity (Wildman–Crippen MR) is 223 cm³/mol. The lowest BCUT2D eigenvalue weighted by Crippen LogP contribution is -2.49. The van der Waals surface area contributed by atoms with Crippen molar-refractivity contribution in [1.82, 2.24) is 29.4 Å². The van der Waals surface area contributed by atoms with Gasteiger partial charge in [0, 0.05) is 22.2 Å². The molecule has 310 valence electrons. The van der Waals surface area contributed by atoms with E-state index in [1.807, 2.05) is 22.6 Å². The van der Waals surface area contributed by atoms with Crippen molar-refractivity contribution in [3.63, 3.8) is 0 Å². The van der Waals surface area contributed by atoms with E-state index in [0.717, 1.165) is 14.8 Å². The topological polar surface area (TPSA) is 204 Å². The van der Waals surface area contributed by atoms with Gasteiger partial charge in [-0.3, -0.25) is 0 Å². The molecule has 0 unspecified atom stereocenters. The number of aliphatic hydroxyl groups excluding tert-OH is 1. The van der Waals surface area contributed by atoms with E-state index in [0.29, 0.717) is 31.9 Å². The summed E-state index contributed by atoms with van der Waals surface area (Å²) in [6, 6.07) is 23.3. The summed E-state index contributed by atoms with van der Waals surface area (Å²) in [7, 11) is -4.95. The van der Waals surface area contributed by atoms with Crippen molar-refractivity contribution in [1.29, 1.82) is 0 Å². The minimum atomic E-state index is -4.83. The Kier molecular flexibility index (Phi) is 14.0. The maximum atomic E-state index is 15.4. The maximum Gasteiger partial charge on any atom is 0.407 e. The van der Waals surface area contributed by atoms with Crippen LogP contribution in [0.25, 0.3) is 11.4 Å². The van der Waals surface area contributed by atoms with Crippen LogP contribution in [0, 0.1) is 3.57 Å². The number of halogens is 1. The lowest BCUT2D eigenvalue weighted by molar-refractivity contribution is 0.0630. The Morgan fingerprint density at radius 2 is 1.28 bits per heavy atom.